The number of hydrogen-bond acceptors (Lipinski definition) is 5. The molecule has 1 aromatic heterocycles. The molecule has 2 rings (SSSR count). The van der Waals surface area contributed by atoms with Crippen LogP contribution in [0.25, 0.3) is 11.5 Å². The Kier molecular flexibility index (Phi) is 3.87. The van der Waals surface area contributed by atoms with Crippen molar-refractivity contribution < 1.29 is 36.0 Å². The SMILES string of the molecule is CCOC(=O)c1noc(-c2c(F)c(F)c(F)c(F)c2F)n1. The molecule has 0 aliphatic rings. The molecule has 0 radical (unpaired) electrons. The molecule has 0 fully saturated rings. The Morgan fingerprint density at radius 2 is 1.57 bits per heavy atom. The third-order valence-corrected chi connectivity index (χ3v) is 2.31. The molecule has 1 aromatic carbocycles. The van der Waals surface area contributed by atoms with E-state index in [0.29, 0.717) is 0 Å². The summed E-state index contributed by atoms with van der Waals surface area (Å²) < 4.78 is 74.7. The van der Waals surface area contributed by atoms with E-state index in [1.165, 1.54) is 6.92 Å². The van der Waals surface area contributed by atoms with Gasteiger partial charge in [0, 0.05) is 0 Å². The van der Waals surface area contributed by atoms with Crippen LogP contribution >= 0.6 is 0 Å². The van der Waals surface area contributed by atoms with Crippen molar-refractivity contribution in [2.45, 2.75) is 6.92 Å². The van der Waals surface area contributed by atoms with Gasteiger partial charge in [0.05, 0.1) is 6.61 Å². The molecule has 0 aliphatic carbocycles. The zero-order valence-corrected chi connectivity index (χ0v) is 10.2. The summed E-state index contributed by atoms with van der Waals surface area (Å²) in [4.78, 5) is 14.5. The highest BCUT2D eigenvalue weighted by Gasteiger charge is 2.30. The van der Waals surface area contributed by atoms with Crippen molar-refractivity contribution in [1.29, 1.82) is 0 Å². The lowest BCUT2D eigenvalue weighted by molar-refractivity contribution is 0.0508. The number of halogens is 5. The molecule has 0 spiro atoms. The van der Waals surface area contributed by atoms with Gasteiger partial charge >= 0.3 is 5.97 Å². The lowest BCUT2D eigenvalue weighted by Gasteiger charge is -2.03. The van der Waals surface area contributed by atoms with Gasteiger partial charge in [0.15, 0.2) is 23.3 Å². The minimum absolute atomic E-state index is 0.0365. The smallest absolute Gasteiger partial charge is 0.379 e. The van der Waals surface area contributed by atoms with Crippen molar-refractivity contribution in [2.24, 2.45) is 0 Å². The Labute approximate surface area is 113 Å². The predicted octanol–water partition coefficient (Wildman–Crippen LogP) is 2.61. The summed E-state index contributed by atoms with van der Waals surface area (Å²) in [6.45, 7) is 1.44. The summed E-state index contributed by atoms with van der Waals surface area (Å²) in [6, 6.07) is 0. The fourth-order valence-corrected chi connectivity index (χ4v) is 1.40. The first-order valence-electron chi connectivity index (χ1n) is 5.41. The highest BCUT2D eigenvalue weighted by Crippen LogP contribution is 2.30. The van der Waals surface area contributed by atoms with Crippen LogP contribution in [0.15, 0.2) is 4.52 Å². The molecule has 112 valence electrons. The maximum Gasteiger partial charge on any atom is 0.379 e. The Balaban J connectivity index is 2.56. The second-order valence-corrected chi connectivity index (χ2v) is 3.59. The van der Waals surface area contributed by atoms with E-state index in [0.717, 1.165) is 0 Å². The quantitative estimate of drug-likeness (QED) is 0.377. The van der Waals surface area contributed by atoms with E-state index in [4.69, 9.17) is 0 Å². The summed E-state index contributed by atoms with van der Waals surface area (Å²) in [6.07, 6.45) is 0. The van der Waals surface area contributed by atoms with Crippen molar-refractivity contribution in [3.05, 3.63) is 34.9 Å². The number of esters is 1. The van der Waals surface area contributed by atoms with Crippen molar-refractivity contribution >= 4 is 5.97 Å². The van der Waals surface area contributed by atoms with Crippen LogP contribution in [0.2, 0.25) is 0 Å². The van der Waals surface area contributed by atoms with Crippen molar-refractivity contribution in [1.82, 2.24) is 10.1 Å². The topological polar surface area (TPSA) is 65.2 Å². The second-order valence-electron chi connectivity index (χ2n) is 3.59. The molecule has 1 heterocycles. The van der Waals surface area contributed by atoms with Gasteiger partial charge in [0.1, 0.15) is 5.56 Å². The van der Waals surface area contributed by atoms with E-state index in [2.05, 4.69) is 19.4 Å². The highest BCUT2D eigenvalue weighted by atomic mass is 19.2. The zero-order chi connectivity index (χ0) is 15.7. The lowest BCUT2D eigenvalue weighted by atomic mass is 10.1. The standard InChI is InChI=1S/C11H5F5N2O3/c1-2-20-11(19)9-17-10(21-18-9)3-4(12)6(14)8(16)7(15)5(3)13/h2H2,1H3. The molecule has 5 nitrogen and oxygen atoms in total. The van der Waals surface area contributed by atoms with Crippen molar-refractivity contribution in [3.63, 3.8) is 0 Å². The molecule has 0 aliphatic heterocycles. The van der Waals surface area contributed by atoms with Crippen LogP contribution in [0.4, 0.5) is 22.0 Å². The minimum atomic E-state index is -2.32. The van der Waals surface area contributed by atoms with Crippen LogP contribution in [0, 0.1) is 29.1 Å². The van der Waals surface area contributed by atoms with Crippen LogP contribution in [0.1, 0.15) is 17.5 Å². The fourth-order valence-electron chi connectivity index (χ4n) is 1.40. The summed E-state index contributed by atoms with van der Waals surface area (Å²) >= 11 is 0. The first kappa shape index (κ1) is 14.9. The lowest BCUT2D eigenvalue weighted by Crippen LogP contribution is -2.07. The van der Waals surface area contributed by atoms with Crippen molar-refractivity contribution in [2.75, 3.05) is 6.61 Å². The van der Waals surface area contributed by atoms with E-state index in [1.54, 1.807) is 0 Å². The largest absolute Gasteiger partial charge is 0.460 e. The van der Waals surface area contributed by atoms with Gasteiger partial charge in [-0.1, -0.05) is 0 Å². The molecule has 10 heteroatoms. The average Bonchev–Trinajstić information content (AvgIpc) is 2.93. The van der Waals surface area contributed by atoms with Gasteiger partial charge in [-0.2, -0.15) is 4.98 Å². The van der Waals surface area contributed by atoms with Crippen LogP contribution < -0.4 is 0 Å². The third-order valence-electron chi connectivity index (χ3n) is 2.31. The number of carbonyl (C=O) groups is 1. The number of rotatable bonds is 3. The number of aromatic nitrogens is 2. The summed E-state index contributed by atoms with van der Waals surface area (Å²) in [5, 5.41) is 3.04. The van der Waals surface area contributed by atoms with Gasteiger partial charge in [-0.3, -0.25) is 0 Å². The van der Waals surface area contributed by atoms with E-state index in [1.807, 2.05) is 0 Å². The number of nitrogens with zero attached hydrogens (tertiary/aromatic N) is 2. The molecule has 0 atom stereocenters. The van der Waals surface area contributed by atoms with E-state index >= 15 is 0 Å². The van der Waals surface area contributed by atoms with Gasteiger partial charge in [0.2, 0.25) is 5.82 Å². The maximum atomic E-state index is 13.5. The second kappa shape index (κ2) is 5.46. The Bertz CT molecular complexity index is 687. The van der Waals surface area contributed by atoms with Crippen LogP contribution in [-0.4, -0.2) is 22.7 Å². The Morgan fingerprint density at radius 1 is 1.05 bits per heavy atom. The normalized spacial score (nSPS) is 10.8. The third kappa shape index (κ3) is 2.43. The average molecular weight is 308 g/mol. The Morgan fingerprint density at radius 3 is 2.10 bits per heavy atom. The first-order valence-corrected chi connectivity index (χ1v) is 5.41. The molecule has 0 amide bonds. The summed E-state index contributed by atoms with van der Waals surface area (Å²) in [7, 11) is 0. The molecule has 0 saturated carbocycles. The van der Waals surface area contributed by atoms with Gasteiger partial charge in [-0.25, -0.2) is 26.7 Å². The molecule has 0 N–H and O–H groups in total. The van der Waals surface area contributed by atoms with E-state index < -0.39 is 52.3 Å². The number of benzene rings is 1. The van der Waals surface area contributed by atoms with Gasteiger partial charge in [-0.05, 0) is 12.1 Å². The predicted molar refractivity (Wildman–Crippen MR) is 55.5 cm³/mol. The minimum Gasteiger partial charge on any atom is -0.460 e. The number of carbonyl (C=O) groups excluding carboxylic acids is 1. The van der Waals surface area contributed by atoms with Gasteiger partial charge < -0.3 is 9.26 Å². The zero-order valence-electron chi connectivity index (χ0n) is 10.2. The van der Waals surface area contributed by atoms with Gasteiger partial charge in [-0.15, -0.1) is 0 Å². The monoisotopic (exact) mass is 308 g/mol. The maximum absolute atomic E-state index is 13.5. The Hall–Kier alpha value is -2.52. The van der Waals surface area contributed by atoms with Gasteiger partial charge in [0.25, 0.3) is 11.7 Å². The van der Waals surface area contributed by atoms with Crippen LogP contribution in [-0.2, 0) is 4.74 Å². The summed E-state index contributed by atoms with van der Waals surface area (Å²) in [5.41, 5.74) is -1.42. The molecule has 0 bridgehead atoms. The number of ether oxygens (including phenoxy) is 1. The molecule has 21 heavy (non-hydrogen) atoms. The number of hydrogen-bond donors (Lipinski definition) is 0. The van der Waals surface area contributed by atoms with Crippen LogP contribution in [0.3, 0.4) is 0 Å². The van der Waals surface area contributed by atoms with Crippen molar-refractivity contribution in [3.8, 4) is 11.5 Å². The molecule has 0 saturated heterocycles. The van der Waals surface area contributed by atoms with Crippen LogP contribution in [0.5, 0.6) is 0 Å². The first-order chi connectivity index (χ1) is 9.88. The molecule has 2 aromatic rings. The van der Waals surface area contributed by atoms with E-state index in [-0.39, 0.29) is 6.61 Å². The molecular weight excluding hydrogens is 303 g/mol. The highest BCUT2D eigenvalue weighted by molar-refractivity contribution is 5.85. The van der Waals surface area contributed by atoms with E-state index in [9.17, 15) is 26.7 Å². The fraction of sp³-hybridized carbons (Fsp3) is 0.182. The molecular formula is C11H5F5N2O3. The molecule has 0 unspecified atom stereocenters. The summed E-state index contributed by atoms with van der Waals surface area (Å²) in [5.74, 6) is -13.8.